The molecule has 0 radical (unpaired) electrons. The van der Waals surface area contributed by atoms with Gasteiger partial charge in [0.15, 0.2) is 0 Å². The van der Waals surface area contributed by atoms with Crippen LogP contribution in [0.4, 0.5) is 4.79 Å². The third kappa shape index (κ3) is 3.34. The summed E-state index contributed by atoms with van der Waals surface area (Å²) in [4.78, 5) is 33.5. The molecule has 0 unspecified atom stereocenters. The lowest BCUT2D eigenvalue weighted by molar-refractivity contribution is 0.0861. The van der Waals surface area contributed by atoms with Crippen molar-refractivity contribution in [3.05, 3.63) is 29.6 Å². The number of imidazole rings is 1. The maximum absolute atomic E-state index is 12.6. The lowest BCUT2D eigenvalue weighted by Crippen LogP contribution is -2.46. The van der Waals surface area contributed by atoms with Crippen LogP contribution >= 0.6 is 0 Å². The first-order valence-electron chi connectivity index (χ1n) is 8.26. The van der Waals surface area contributed by atoms with Gasteiger partial charge in [-0.3, -0.25) is 4.79 Å². The molecule has 2 aromatic rings. The number of nitrogens with one attached hydrogen (secondary N) is 2. The number of nitrogens with zero attached hydrogens (tertiary/aromatic N) is 2. The summed E-state index contributed by atoms with van der Waals surface area (Å²) in [5, 5.41) is 3.06. The molecule has 24 heavy (non-hydrogen) atoms. The summed E-state index contributed by atoms with van der Waals surface area (Å²) < 4.78 is 5.01. The van der Waals surface area contributed by atoms with Gasteiger partial charge >= 0.3 is 6.09 Å². The van der Waals surface area contributed by atoms with Crippen molar-refractivity contribution in [1.82, 2.24) is 20.2 Å². The summed E-state index contributed by atoms with van der Waals surface area (Å²) >= 11 is 0. The smallest absolute Gasteiger partial charge is 0.409 e. The summed E-state index contributed by atoms with van der Waals surface area (Å²) in [7, 11) is 0. The van der Waals surface area contributed by atoms with Crippen molar-refractivity contribution in [2.75, 3.05) is 19.7 Å². The molecule has 0 spiro atoms. The number of hydrogen-bond acceptors (Lipinski definition) is 4. The van der Waals surface area contributed by atoms with E-state index in [9.17, 15) is 9.59 Å². The number of aromatic nitrogens is 2. The first-order valence-corrected chi connectivity index (χ1v) is 8.26. The lowest BCUT2D eigenvalue weighted by Gasteiger charge is -2.31. The molecule has 1 saturated heterocycles. The van der Waals surface area contributed by atoms with E-state index in [-0.39, 0.29) is 18.0 Å². The Morgan fingerprint density at radius 2 is 2.12 bits per heavy atom. The number of carbonyl (C=O) groups is 2. The molecular formula is C17H22N4O3. The van der Waals surface area contributed by atoms with E-state index in [2.05, 4.69) is 15.3 Å². The SMILES string of the molecule is CCOC(=O)N1CCC(NC(=O)c2cccc3[nH]c(C)nc23)CC1. The summed E-state index contributed by atoms with van der Waals surface area (Å²) in [5.74, 6) is 0.662. The van der Waals surface area contributed by atoms with E-state index in [4.69, 9.17) is 4.74 Å². The van der Waals surface area contributed by atoms with Crippen LogP contribution in [0.2, 0.25) is 0 Å². The predicted octanol–water partition coefficient (Wildman–Crippen LogP) is 2.22. The van der Waals surface area contributed by atoms with Gasteiger partial charge < -0.3 is 19.9 Å². The second-order valence-corrected chi connectivity index (χ2v) is 5.96. The number of aromatic amines is 1. The van der Waals surface area contributed by atoms with Crippen molar-refractivity contribution in [3.63, 3.8) is 0 Å². The van der Waals surface area contributed by atoms with Crippen molar-refractivity contribution in [2.45, 2.75) is 32.7 Å². The average Bonchev–Trinajstić information content (AvgIpc) is 2.95. The van der Waals surface area contributed by atoms with Gasteiger partial charge in [-0.15, -0.1) is 0 Å². The molecule has 1 aliphatic rings. The molecule has 1 aliphatic heterocycles. The van der Waals surface area contributed by atoms with Crippen molar-refractivity contribution in [3.8, 4) is 0 Å². The van der Waals surface area contributed by atoms with Crippen LogP contribution in [0.25, 0.3) is 11.0 Å². The van der Waals surface area contributed by atoms with Gasteiger partial charge in [0.05, 0.1) is 17.7 Å². The highest BCUT2D eigenvalue weighted by molar-refractivity contribution is 6.05. The molecule has 2 N–H and O–H groups in total. The Labute approximate surface area is 140 Å². The molecule has 7 nitrogen and oxygen atoms in total. The molecule has 1 fully saturated rings. The fourth-order valence-electron chi connectivity index (χ4n) is 3.02. The zero-order valence-corrected chi connectivity index (χ0v) is 14.0. The summed E-state index contributed by atoms with van der Waals surface area (Å²) in [6, 6.07) is 5.59. The molecular weight excluding hydrogens is 308 g/mol. The monoisotopic (exact) mass is 330 g/mol. The van der Waals surface area contributed by atoms with E-state index >= 15 is 0 Å². The van der Waals surface area contributed by atoms with Gasteiger partial charge in [-0.25, -0.2) is 9.78 Å². The number of likely N-dealkylation sites (tertiary alicyclic amines) is 1. The second-order valence-electron chi connectivity index (χ2n) is 5.96. The number of rotatable bonds is 3. The largest absolute Gasteiger partial charge is 0.450 e. The van der Waals surface area contributed by atoms with Gasteiger partial charge in [0.2, 0.25) is 0 Å². The zero-order chi connectivity index (χ0) is 17.1. The molecule has 0 aliphatic carbocycles. The Morgan fingerprint density at radius 1 is 1.38 bits per heavy atom. The maximum Gasteiger partial charge on any atom is 0.409 e. The number of H-pyrrole nitrogens is 1. The van der Waals surface area contributed by atoms with E-state index in [0.29, 0.717) is 30.8 Å². The van der Waals surface area contributed by atoms with Crippen LogP contribution in [-0.2, 0) is 4.74 Å². The quantitative estimate of drug-likeness (QED) is 0.903. The number of ether oxygens (including phenoxy) is 1. The van der Waals surface area contributed by atoms with Crippen molar-refractivity contribution >= 4 is 23.0 Å². The number of benzene rings is 1. The highest BCUT2D eigenvalue weighted by atomic mass is 16.6. The van der Waals surface area contributed by atoms with Gasteiger partial charge in [0.1, 0.15) is 11.3 Å². The number of hydrogen-bond donors (Lipinski definition) is 2. The third-order valence-electron chi connectivity index (χ3n) is 4.23. The Bertz CT molecular complexity index is 747. The molecule has 0 atom stereocenters. The number of carbonyl (C=O) groups excluding carboxylic acids is 2. The minimum atomic E-state index is -0.279. The van der Waals surface area contributed by atoms with Gasteiger partial charge in [0, 0.05) is 19.1 Å². The zero-order valence-electron chi connectivity index (χ0n) is 14.0. The van der Waals surface area contributed by atoms with Crippen molar-refractivity contribution in [2.24, 2.45) is 0 Å². The molecule has 2 heterocycles. The van der Waals surface area contributed by atoms with Crippen LogP contribution in [-0.4, -0.2) is 52.6 Å². The van der Waals surface area contributed by atoms with Crippen LogP contribution in [0.3, 0.4) is 0 Å². The highest BCUT2D eigenvalue weighted by Gasteiger charge is 2.25. The highest BCUT2D eigenvalue weighted by Crippen LogP contribution is 2.18. The number of para-hydroxylation sites is 1. The van der Waals surface area contributed by atoms with E-state index in [0.717, 1.165) is 24.2 Å². The molecule has 7 heteroatoms. The lowest BCUT2D eigenvalue weighted by atomic mass is 10.0. The van der Waals surface area contributed by atoms with E-state index in [1.54, 1.807) is 17.9 Å². The maximum atomic E-state index is 12.6. The molecule has 2 amide bonds. The Balaban J connectivity index is 1.62. The minimum Gasteiger partial charge on any atom is -0.450 e. The average molecular weight is 330 g/mol. The fraction of sp³-hybridized carbons (Fsp3) is 0.471. The van der Waals surface area contributed by atoms with E-state index in [1.807, 2.05) is 19.1 Å². The molecule has 3 rings (SSSR count). The minimum absolute atomic E-state index is 0.0541. The standard InChI is InChI=1S/C17H22N4O3/c1-3-24-17(23)21-9-7-12(8-10-21)20-16(22)13-5-4-6-14-15(13)19-11(2)18-14/h4-6,12H,3,7-10H2,1-2H3,(H,18,19)(H,20,22). The third-order valence-corrected chi connectivity index (χ3v) is 4.23. The van der Waals surface area contributed by atoms with Crippen LogP contribution in [0.1, 0.15) is 35.9 Å². The van der Waals surface area contributed by atoms with Crippen LogP contribution in [0.5, 0.6) is 0 Å². The first-order chi connectivity index (χ1) is 11.6. The molecule has 128 valence electrons. The Morgan fingerprint density at radius 3 is 2.83 bits per heavy atom. The number of fused-ring (bicyclic) bond motifs is 1. The number of amides is 2. The molecule has 0 bridgehead atoms. The topological polar surface area (TPSA) is 87.3 Å². The Hall–Kier alpha value is -2.57. The van der Waals surface area contributed by atoms with Crippen molar-refractivity contribution in [1.29, 1.82) is 0 Å². The number of piperidine rings is 1. The van der Waals surface area contributed by atoms with Crippen LogP contribution in [0, 0.1) is 6.92 Å². The van der Waals surface area contributed by atoms with Crippen LogP contribution < -0.4 is 5.32 Å². The molecule has 0 saturated carbocycles. The van der Waals surface area contributed by atoms with Gasteiger partial charge in [-0.2, -0.15) is 0 Å². The summed E-state index contributed by atoms with van der Waals surface area (Å²) in [6.45, 7) is 5.22. The number of aryl methyl sites for hydroxylation is 1. The van der Waals surface area contributed by atoms with Gasteiger partial charge in [-0.1, -0.05) is 6.07 Å². The molecule has 1 aromatic heterocycles. The molecule has 1 aromatic carbocycles. The fourth-order valence-corrected chi connectivity index (χ4v) is 3.02. The summed E-state index contributed by atoms with van der Waals surface area (Å²) in [6.07, 6.45) is 1.17. The summed E-state index contributed by atoms with van der Waals surface area (Å²) in [5.41, 5.74) is 2.12. The predicted molar refractivity (Wildman–Crippen MR) is 89.9 cm³/mol. The second kappa shape index (κ2) is 6.90. The van der Waals surface area contributed by atoms with Gasteiger partial charge in [-0.05, 0) is 38.8 Å². The van der Waals surface area contributed by atoms with E-state index in [1.165, 1.54) is 0 Å². The first kappa shape index (κ1) is 16.3. The normalized spacial score (nSPS) is 15.5. The van der Waals surface area contributed by atoms with E-state index < -0.39 is 0 Å². The van der Waals surface area contributed by atoms with Gasteiger partial charge in [0.25, 0.3) is 5.91 Å². The van der Waals surface area contributed by atoms with Crippen molar-refractivity contribution < 1.29 is 14.3 Å². The Kier molecular flexibility index (Phi) is 4.69. The van der Waals surface area contributed by atoms with Crippen LogP contribution in [0.15, 0.2) is 18.2 Å².